The Bertz CT molecular complexity index is 351. The van der Waals surface area contributed by atoms with E-state index in [0.717, 1.165) is 18.7 Å². The van der Waals surface area contributed by atoms with Crippen molar-refractivity contribution in [3.63, 3.8) is 0 Å². The first-order chi connectivity index (χ1) is 7.18. The number of nitrogens with one attached hydrogen (secondary N) is 1. The van der Waals surface area contributed by atoms with Gasteiger partial charge in [0.05, 0.1) is 0 Å². The van der Waals surface area contributed by atoms with Crippen LogP contribution in [-0.2, 0) is 0 Å². The van der Waals surface area contributed by atoms with Crippen LogP contribution in [0.15, 0.2) is 24.3 Å². The van der Waals surface area contributed by atoms with Gasteiger partial charge in [-0.05, 0) is 25.9 Å². The van der Waals surface area contributed by atoms with Gasteiger partial charge >= 0.3 is 0 Å². The van der Waals surface area contributed by atoms with E-state index in [2.05, 4.69) is 5.32 Å². The largest absolute Gasteiger partial charge is 0.316 e. The molecule has 1 aliphatic heterocycles. The van der Waals surface area contributed by atoms with Crippen molar-refractivity contribution in [2.75, 3.05) is 13.1 Å². The number of hydrogen-bond donors (Lipinski definition) is 1. The molecule has 0 bridgehead atoms. The molecule has 1 saturated heterocycles. The first-order valence-electron chi connectivity index (χ1n) is 5.50. The second-order valence-corrected chi connectivity index (χ2v) is 4.44. The molecule has 0 radical (unpaired) electrons. The summed E-state index contributed by atoms with van der Waals surface area (Å²) in [6, 6.07) is 7.86. The van der Waals surface area contributed by atoms with Gasteiger partial charge < -0.3 is 5.32 Å². The first-order valence-corrected chi connectivity index (χ1v) is 5.50. The number of Topliss-reactive ketones (excluding diaryl/α,β-unsaturated/α-hetero) is 1. The van der Waals surface area contributed by atoms with Crippen molar-refractivity contribution >= 4 is 5.78 Å². The van der Waals surface area contributed by atoms with E-state index in [-0.39, 0.29) is 11.7 Å². The third-order valence-corrected chi connectivity index (χ3v) is 3.27. The molecule has 0 saturated carbocycles. The Morgan fingerprint density at radius 2 is 1.93 bits per heavy atom. The second-order valence-electron chi connectivity index (χ2n) is 4.44. The number of ketones is 1. The summed E-state index contributed by atoms with van der Waals surface area (Å²) in [5, 5.41) is 3.21. The van der Waals surface area contributed by atoms with Crippen LogP contribution < -0.4 is 5.32 Å². The fourth-order valence-electron chi connectivity index (χ4n) is 1.86. The summed E-state index contributed by atoms with van der Waals surface area (Å²) >= 11 is 0. The van der Waals surface area contributed by atoms with E-state index >= 15 is 0 Å². The van der Waals surface area contributed by atoms with Crippen molar-refractivity contribution in [1.82, 2.24) is 5.32 Å². The van der Waals surface area contributed by atoms with Gasteiger partial charge in [-0.15, -0.1) is 0 Å². The molecule has 2 heteroatoms. The van der Waals surface area contributed by atoms with E-state index in [4.69, 9.17) is 0 Å². The minimum Gasteiger partial charge on any atom is -0.316 e. The maximum absolute atomic E-state index is 12.1. The van der Waals surface area contributed by atoms with Crippen molar-refractivity contribution in [2.45, 2.75) is 13.8 Å². The third kappa shape index (κ3) is 2.10. The highest BCUT2D eigenvalue weighted by Crippen LogP contribution is 2.20. The van der Waals surface area contributed by atoms with Crippen LogP contribution in [0.5, 0.6) is 0 Å². The Morgan fingerprint density at radius 1 is 1.33 bits per heavy atom. The normalized spacial score (nSPS) is 18.3. The van der Waals surface area contributed by atoms with Gasteiger partial charge in [-0.3, -0.25) is 4.79 Å². The van der Waals surface area contributed by atoms with Gasteiger partial charge in [0, 0.05) is 11.5 Å². The van der Waals surface area contributed by atoms with Crippen LogP contribution in [0, 0.1) is 18.8 Å². The van der Waals surface area contributed by atoms with Crippen molar-refractivity contribution in [1.29, 1.82) is 0 Å². The molecule has 1 N–H and O–H groups in total. The summed E-state index contributed by atoms with van der Waals surface area (Å²) in [5.74, 6) is 0.953. The molecule has 2 rings (SSSR count). The predicted octanol–water partition coefficient (Wildman–Crippen LogP) is 2.03. The molecule has 1 atom stereocenters. The third-order valence-electron chi connectivity index (χ3n) is 3.27. The molecule has 1 unspecified atom stereocenters. The molecule has 1 aromatic carbocycles. The fraction of sp³-hybridized carbons (Fsp3) is 0.462. The summed E-state index contributed by atoms with van der Waals surface area (Å²) in [5.41, 5.74) is 2.05. The maximum atomic E-state index is 12.1. The second kappa shape index (κ2) is 4.15. The summed E-state index contributed by atoms with van der Waals surface area (Å²) < 4.78 is 0. The average molecular weight is 203 g/mol. The van der Waals surface area contributed by atoms with E-state index in [0.29, 0.717) is 5.92 Å². The molecule has 1 heterocycles. The van der Waals surface area contributed by atoms with Gasteiger partial charge in [0.2, 0.25) is 0 Å². The van der Waals surface area contributed by atoms with Crippen LogP contribution in [0.3, 0.4) is 0 Å². The average Bonchev–Trinajstić information content (AvgIpc) is 2.15. The number of benzene rings is 1. The number of carbonyl (C=O) groups is 1. The van der Waals surface area contributed by atoms with Crippen LogP contribution in [0.2, 0.25) is 0 Å². The molecule has 1 fully saturated rings. The van der Waals surface area contributed by atoms with Crippen LogP contribution in [-0.4, -0.2) is 18.9 Å². The van der Waals surface area contributed by atoms with E-state index < -0.39 is 0 Å². The van der Waals surface area contributed by atoms with E-state index in [1.165, 1.54) is 5.56 Å². The summed E-state index contributed by atoms with van der Waals surface area (Å²) in [4.78, 5) is 12.1. The fourth-order valence-corrected chi connectivity index (χ4v) is 1.86. The van der Waals surface area contributed by atoms with Gasteiger partial charge in [-0.25, -0.2) is 0 Å². The first kappa shape index (κ1) is 10.4. The Labute approximate surface area is 90.7 Å². The standard InChI is InChI=1S/C13H17NO/c1-9-3-5-11(6-4-9)13(15)10(2)12-7-14-8-12/h3-6,10,12,14H,7-8H2,1-2H3. The Morgan fingerprint density at radius 3 is 2.40 bits per heavy atom. The molecular weight excluding hydrogens is 186 g/mol. The Hall–Kier alpha value is -1.15. The summed E-state index contributed by atoms with van der Waals surface area (Å²) in [6.45, 7) is 6.04. The van der Waals surface area contributed by atoms with E-state index in [1.54, 1.807) is 0 Å². The minimum absolute atomic E-state index is 0.147. The van der Waals surface area contributed by atoms with Crippen molar-refractivity contribution in [3.05, 3.63) is 35.4 Å². The lowest BCUT2D eigenvalue weighted by Gasteiger charge is -2.31. The van der Waals surface area contributed by atoms with Gasteiger partial charge in [0.15, 0.2) is 5.78 Å². The number of aryl methyl sites for hydroxylation is 1. The molecule has 15 heavy (non-hydrogen) atoms. The molecule has 2 nitrogen and oxygen atoms in total. The zero-order valence-electron chi connectivity index (χ0n) is 9.29. The van der Waals surface area contributed by atoms with Crippen molar-refractivity contribution < 1.29 is 4.79 Å². The van der Waals surface area contributed by atoms with Gasteiger partial charge in [-0.1, -0.05) is 36.8 Å². The lowest BCUT2D eigenvalue weighted by atomic mass is 9.83. The predicted molar refractivity (Wildman–Crippen MR) is 61.0 cm³/mol. The molecule has 0 aromatic heterocycles. The van der Waals surface area contributed by atoms with Crippen LogP contribution in [0.1, 0.15) is 22.8 Å². The SMILES string of the molecule is Cc1ccc(C(=O)C(C)C2CNC2)cc1. The lowest BCUT2D eigenvalue weighted by molar-refractivity contribution is 0.0854. The highest BCUT2D eigenvalue weighted by Gasteiger charge is 2.28. The molecular formula is C13H17NO. The van der Waals surface area contributed by atoms with Gasteiger partial charge in [-0.2, -0.15) is 0 Å². The smallest absolute Gasteiger partial charge is 0.166 e. The lowest BCUT2D eigenvalue weighted by Crippen LogP contribution is -2.47. The number of rotatable bonds is 3. The highest BCUT2D eigenvalue weighted by molar-refractivity contribution is 5.97. The summed E-state index contributed by atoms with van der Waals surface area (Å²) in [6.07, 6.45) is 0. The molecule has 1 aliphatic rings. The molecule has 1 aromatic rings. The molecule has 80 valence electrons. The Kier molecular flexibility index (Phi) is 2.87. The van der Waals surface area contributed by atoms with Crippen LogP contribution in [0.4, 0.5) is 0 Å². The Balaban J connectivity index is 2.09. The van der Waals surface area contributed by atoms with Crippen molar-refractivity contribution in [2.24, 2.45) is 11.8 Å². The monoisotopic (exact) mass is 203 g/mol. The number of carbonyl (C=O) groups excluding carboxylic acids is 1. The van der Waals surface area contributed by atoms with Gasteiger partial charge in [0.1, 0.15) is 0 Å². The molecule has 0 aliphatic carbocycles. The topological polar surface area (TPSA) is 29.1 Å². The zero-order chi connectivity index (χ0) is 10.8. The quantitative estimate of drug-likeness (QED) is 0.762. The van der Waals surface area contributed by atoms with Gasteiger partial charge in [0.25, 0.3) is 0 Å². The van der Waals surface area contributed by atoms with Crippen molar-refractivity contribution in [3.8, 4) is 0 Å². The highest BCUT2D eigenvalue weighted by atomic mass is 16.1. The maximum Gasteiger partial charge on any atom is 0.166 e. The molecule has 0 spiro atoms. The zero-order valence-corrected chi connectivity index (χ0v) is 9.29. The summed E-state index contributed by atoms with van der Waals surface area (Å²) in [7, 11) is 0. The van der Waals surface area contributed by atoms with E-state index in [9.17, 15) is 4.79 Å². The minimum atomic E-state index is 0.147. The van der Waals surface area contributed by atoms with Crippen LogP contribution >= 0.6 is 0 Å². The van der Waals surface area contributed by atoms with E-state index in [1.807, 2.05) is 38.1 Å². The van der Waals surface area contributed by atoms with Crippen LogP contribution in [0.25, 0.3) is 0 Å². The number of hydrogen-bond acceptors (Lipinski definition) is 2. The molecule has 0 amide bonds.